The molecule has 5 nitrogen and oxygen atoms in total. The van der Waals surface area contributed by atoms with E-state index in [-0.39, 0.29) is 22.8 Å². The SMILES string of the molecule is COc1ccc([C@H]2C3=C(CC(C)(C)CC3=O)N(c3cccc(Cl)c3)C(=N)/C2=C(/O)c2ccccc2)cc1. The van der Waals surface area contributed by atoms with Crippen LogP contribution < -0.4 is 9.64 Å². The zero-order chi connectivity index (χ0) is 26.3. The van der Waals surface area contributed by atoms with Crippen LogP contribution in [0, 0.1) is 10.8 Å². The van der Waals surface area contributed by atoms with E-state index in [2.05, 4.69) is 13.8 Å². The van der Waals surface area contributed by atoms with Gasteiger partial charge in [-0.25, -0.2) is 0 Å². The van der Waals surface area contributed by atoms with E-state index in [9.17, 15) is 15.3 Å². The average molecular weight is 513 g/mol. The molecule has 188 valence electrons. The summed E-state index contributed by atoms with van der Waals surface area (Å²) in [6.45, 7) is 4.15. The number of carbonyl (C=O) groups excluding carboxylic acids is 1. The number of carbonyl (C=O) groups is 1. The van der Waals surface area contributed by atoms with Crippen LogP contribution in [0.15, 0.2) is 95.7 Å². The summed E-state index contributed by atoms with van der Waals surface area (Å²) < 4.78 is 5.36. The Morgan fingerprint density at radius 1 is 1.03 bits per heavy atom. The van der Waals surface area contributed by atoms with Gasteiger partial charge in [0.15, 0.2) is 5.78 Å². The van der Waals surface area contributed by atoms with Crippen molar-refractivity contribution in [2.45, 2.75) is 32.6 Å². The van der Waals surface area contributed by atoms with E-state index in [1.54, 1.807) is 36.3 Å². The van der Waals surface area contributed by atoms with Gasteiger partial charge in [-0.2, -0.15) is 0 Å². The largest absolute Gasteiger partial charge is 0.507 e. The van der Waals surface area contributed by atoms with Crippen LogP contribution in [0.4, 0.5) is 5.69 Å². The van der Waals surface area contributed by atoms with Crippen LogP contribution in [0.2, 0.25) is 5.02 Å². The molecule has 2 aliphatic rings. The third-order valence-electron chi connectivity index (χ3n) is 7.04. The maximum absolute atomic E-state index is 13.9. The van der Waals surface area contributed by atoms with Gasteiger partial charge in [0, 0.05) is 45.5 Å². The van der Waals surface area contributed by atoms with Crippen LogP contribution in [-0.4, -0.2) is 23.8 Å². The summed E-state index contributed by atoms with van der Waals surface area (Å²) in [6, 6.07) is 23.9. The lowest BCUT2D eigenvalue weighted by Gasteiger charge is -2.45. The van der Waals surface area contributed by atoms with Gasteiger partial charge in [0.25, 0.3) is 0 Å². The van der Waals surface area contributed by atoms with Gasteiger partial charge >= 0.3 is 0 Å². The van der Waals surface area contributed by atoms with Crippen LogP contribution in [0.3, 0.4) is 0 Å². The molecule has 0 spiro atoms. The smallest absolute Gasteiger partial charge is 0.162 e. The number of hydrogen-bond donors (Lipinski definition) is 2. The van der Waals surface area contributed by atoms with Gasteiger partial charge in [-0.05, 0) is 47.7 Å². The maximum Gasteiger partial charge on any atom is 0.162 e. The number of rotatable bonds is 4. The van der Waals surface area contributed by atoms with Crippen LogP contribution in [-0.2, 0) is 4.79 Å². The van der Waals surface area contributed by atoms with Crippen molar-refractivity contribution in [3.05, 3.63) is 112 Å². The van der Waals surface area contributed by atoms with Crippen molar-refractivity contribution in [1.82, 2.24) is 0 Å². The number of nitrogens with zero attached hydrogens (tertiary/aromatic N) is 1. The highest BCUT2D eigenvalue weighted by Gasteiger charge is 2.46. The minimum absolute atomic E-state index is 0.0185. The molecule has 0 unspecified atom stereocenters. The van der Waals surface area contributed by atoms with Gasteiger partial charge in [-0.3, -0.25) is 15.1 Å². The minimum Gasteiger partial charge on any atom is -0.507 e. The van der Waals surface area contributed by atoms with Gasteiger partial charge in [0.1, 0.15) is 17.3 Å². The fourth-order valence-electron chi connectivity index (χ4n) is 5.40. The molecule has 0 saturated carbocycles. The maximum atomic E-state index is 13.9. The molecule has 5 rings (SSSR count). The van der Waals surface area contributed by atoms with Crippen molar-refractivity contribution in [1.29, 1.82) is 5.41 Å². The second kappa shape index (κ2) is 9.56. The van der Waals surface area contributed by atoms with Crippen molar-refractivity contribution in [2.75, 3.05) is 12.0 Å². The molecule has 0 amide bonds. The first kappa shape index (κ1) is 24.8. The van der Waals surface area contributed by atoms with E-state index >= 15 is 0 Å². The Labute approximate surface area is 222 Å². The van der Waals surface area contributed by atoms with E-state index in [0.717, 1.165) is 11.3 Å². The number of Topliss-reactive ketones (excluding diaryl/α,β-unsaturated/α-hetero) is 1. The van der Waals surface area contributed by atoms with E-state index in [1.807, 2.05) is 54.6 Å². The average Bonchev–Trinajstić information content (AvgIpc) is 2.87. The molecule has 0 fully saturated rings. The second-order valence-electron chi connectivity index (χ2n) is 10.3. The number of ether oxygens (including phenoxy) is 1. The molecule has 1 aliphatic carbocycles. The van der Waals surface area contributed by atoms with Gasteiger partial charge in [0.2, 0.25) is 0 Å². The summed E-state index contributed by atoms with van der Waals surface area (Å²) in [7, 11) is 1.61. The van der Waals surface area contributed by atoms with E-state index in [0.29, 0.717) is 46.0 Å². The monoisotopic (exact) mass is 512 g/mol. The molecular weight excluding hydrogens is 484 g/mol. The van der Waals surface area contributed by atoms with Gasteiger partial charge in [-0.15, -0.1) is 0 Å². The minimum atomic E-state index is -0.604. The van der Waals surface area contributed by atoms with Crippen molar-refractivity contribution < 1.29 is 14.6 Å². The van der Waals surface area contributed by atoms with Gasteiger partial charge in [0.05, 0.1) is 7.11 Å². The lowest BCUT2D eigenvalue weighted by molar-refractivity contribution is -0.118. The highest BCUT2D eigenvalue weighted by atomic mass is 35.5. The van der Waals surface area contributed by atoms with E-state index in [1.165, 1.54) is 0 Å². The Morgan fingerprint density at radius 2 is 1.73 bits per heavy atom. The third kappa shape index (κ3) is 4.56. The molecule has 1 atom stereocenters. The topological polar surface area (TPSA) is 73.6 Å². The summed E-state index contributed by atoms with van der Waals surface area (Å²) in [4.78, 5) is 15.7. The Kier molecular flexibility index (Phi) is 6.42. The lowest BCUT2D eigenvalue weighted by atomic mass is 9.67. The quantitative estimate of drug-likeness (QED) is 0.354. The molecule has 3 aromatic rings. The van der Waals surface area contributed by atoms with Crippen LogP contribution in [0.1, 0.15) is 43.7 Å². The third-order valence-corrected chi connectivity index (χ3v) is 7.28. The highest BCUT2D eigenvalue weighted by Crippen LogP contribution is 2.51. The Bertz CT molecular complexity index is 1440. The molecule has 0 bridgehead atoms. The van der Waals surface area contributed by atoms with E-state index in [4.69, 9.17) is 16.3 Å². The number of aliphatic hydroxyl groups is 1. The van der Waals surface area contributed by atoms with Gasteiger partial charge < -0.3 is 9.84 Å². The number of hydrogen-bond acceptors (Lipinski definition) is 4. The molecular formula is C31H29ClN2O3. The fourth-order valence-corrected chi connectivity index (χ4v) is 5.58. The van der Waals surface area contributed by atoms with Crippen LogP contribution >= 0.6 is 11.6 Å². The zero-order valence-corrected chi connectivity index (χ0v) is 21.8. The van der Waals surface area contributed by atoms with Crippen molar-refractivity contribution in [3.8, 4) is 5.75 Å². The number of halogens is 1. The fraction of sp³-hybridized carbons (Fsp3) is 0.226. The summed E-state index contributed by atoms with van der Waals surface area (Å²) in [5.74, 6) is 0.201. The normalized spacial score (nSPS) is 20.5. The molecule has 3 aromatic carbocycles. The molecule has 0 radical (unpaired) electrons. The summed E-state index contributed by atoms with van der Waals surface area (Å²) in [5, 5.41) is 21.7. The van der Waals surface area contributed by atoms with Gasteiger partial charge in [-0.1, -0.05) is 74.0 Å². The first-order chi connectivity index (χ1) is 17.7. The Balaban J connectivity index is 1.84. The number of anilines is 1. The predicted octanol–water partition coefficient (Wildman–Crippen LogP) is 7.54. The summed E-state index contributed by atoms with van der Waals surface area (Å²) in [6.07, 6.45) is 0.990. The number of allylic oxidation sites excluding steroid dienone is 2. The second-order valence-corrected chi connectivity index (χ2v) is 10.7. The van der Waals surface area contributed by atoms with Crippen LogP contribution in [0.25, 0.3) is 5.76 Å². The highest BCUT2D eigenvalue weighted by molar-refractivity contribution is 6.31. The number of ketones is 1. The molecule has 1 heterocycles. The molecule has 6 heteroatoms. The number of benzene rings is 3. The molecule has 0 aromatic heterocycles. The number of methoxy groups -OCH3 is 1. The van der Waals surface area contributed by atoms with Crippen molar-refractivity contribution in [2.24, 2.45) is 5.41 Å². The first-order valence-corrected chi connectivity index (χ1v) is 12.6. The molecule has 1 aliphatic heterocycles. The Hall–Kier alpha value is -3.83. The van der Waals surface area contributed by atoms with Crippen molar-refractivity contribution >= 4 is 34.7 Å². The number of amidine groups is 1. The molecule has 2 N–H and O–H groups in total. The molecule has 37 heavy (non-hydrogen) atoms. The summed E-state index contributed by atoms with van der Waals surface area (Å²) in [5.41, 5.74) is 3.57. The first-order valence-electron chi connectivity index (χ1n) is 12.2. The van der Waals surface area contributed by atoms with Crippen molar-refractivity contribution in [3.63, 3.8) is 0 Å². The standard InChI is InChI=1S/C31H29ClN2O3/c1-31(2)17-24-27(25(35)18-31)26(19-12-14-23(37-3)15-13-19)28(29(36)20-8-5-4-6-9-20)30(33)34(24)22-11-7-10-21(32)16-22/h4-16,26,33,36H,17-18H2,1-3H3/b29-28+,33-30?/t26-/m0/s1. The molecule has 0 saturated heterocycles. The lowest BCUT2D eigenvalue weighted by Crippen LogP contribution is -2.45. The predicted molar refractivity (Wildman–Crippen MR) is 148 cm³/mol. The van der Waals surface area contributed by atoms with E-state index < -0.39 is 5.92 Å². The number of aliphatic hydroxyl groups excluding tert-OH is 1. The summed E-state index contributed by atoms with van der Waals surface area (Å²) >= 11 is 6.37. The Morgan fingerprint density at radius 3 is 2.38 bits per heavy atom. The van der Waals surface area contributed by atoms with Crippen LogP contribution in [0.5, 0.6) is 5.75 Å². The zero-order valence-electron chi connectivity index (χ0n) is 21.1. The number of nitrogens with one attached hydrogen (secondary N) is 1.